The van der Waals surface area contributed by atoms with Gasteiger partial charge in [-0.2, -0.15) is 5.10 Å². The predicted octanol–water partition coefficient (Wildman–Crippen LogP) is 1.58. The molecule has 0 radical (unpaired) electrons. The Morgan fingerprint density at radius 1 is 1.50 bits per heavy atom. The van der Waals surface area contributed by atoms with Crippen LogP contribution in [-0.2, 0) is 13.1 Å². The number of hydrogen-bond acceptors (Lipinski definition) is 4. The summed E-state index contributed by atoms with van der Waals surface area (Å²) in [7, 11) is 0. The number of carbonyl (C=O) groups excluding carboxylic acids is 1. The predicted molar refractivity (Wildman–Crippen MR) is 91.6 cm³/mol. The fraction of sp³-hybridized carbons (Fsp3) is 0.588. The van der Waals surface area contributed by atoms with E-state index in [1.807, 2.05) is 19.3 Å². The summed E-state index contributed by atoms with van der Waals surface area (Å²) < 4.78 is 2.19. The van der Waals surface area contributed by atoms with E-state index < -0.39 is 0 Å². The van der Waals surface area contributed by atoms with Gasteiger partial charge in [0.2, 0.25) is 0 Å². The number of H-pyrrole nitrogens is 1. The van der Waals surface area contributed by atoms with Crippen LogP contribution in [0.3, 0.4) is 0 Å². The zero-order chi connectivity index (χ0) is 16.9. The topological polar surface area (TPSA) is 78.8 Å². The number of aryl methyl sites for hydroxylation is 2. The summed E-state index contributed by atoms with van der Waals surface area (Å²) in [5.41, 5.74) is 1.36. The Morgan fingerprint density at radius 3 is 3.12 bits per heavy atom. The quantitative estimate of drug-likeness (QED) is 0.843. The molecule has 2 aromatic heterocycles. The lowest BCUT2D eigenvalue weighted by Gasteiger charge is -2.32. The summed E-state index contributed by atoms with van der Waals surface area (Å²) in [6, 6.07) is 1.77. The van der Waals surface area contributed by atoms with Crippen LogP contribution in [0.2, 0.25) is 0 Å². The molecule has 1 aliphatic rings. The molecule has 3 heterocycles. The fourth-order valence-corrected chi connectivity index (χ4v) is 3.30. The minimum absolute atomic E-state index is 0.0991. The molecule has 3 rings (SSSR count). The molecule has 1 amide bonds. The number of amides is 1. The van der Waals surface area contributed by atoms with Crippen LogP contribution in [0.25, 0.3) is 0 Å². The van der Waals surface area contributed by atoms with Crippen LogP contribution in [0.15, 0.2) is 18.5 Å². The van der Waals surface area contributed by atoms with Crippen molar-refractivity contribution < 1.29 is 4.79 Å². The van der Waals surface area contributed by atoms with E-state index in [2.05, 4.69) is 36.9 Å². The highest BCUT2D eigenvalue weighted by molar-refractivity contribution is 5.92. The summed E-state index contributed by atoms with van der Waals surface area (Å²) >= 11 is 0. The first-order chi connectivity index (χ1) is 11.7. The smallest absolute Gasteiger partial charge is 0.271 e. The highest BCUT2D eigenvalue weighted by Gasteiger charge is 2.22. The van der Waals surface area contributed by atoms with Gasteiger partial charge in [-0.05, 0) is 45.2 Å². The van der Waals surface area contributed by atoms with Gasteiger partial charge in [0.05, 0.1) is 6.54 Å². The molecule has 0 unspecified atom stereocenters. The van der Waals surface area contributed by atoms with Crippen molar-refractivity contribution in [2.45, 2.75) is 39.8 Å². The number of hydrogen-bond donors (Lipinski definition) is 2. The number of rotatable bonds is 6. The first-order valence-corrected chi connectivity index (χ1v) is 8.68. The number of likely N-dealkylation sites (tertiary alicyclic amines) is 1. The van der Waals surface area contributed by atoms with Gasteiger partial charge in [0.1, 0.15) is 11.5 Å². The molecule has 0 bridgehead atoms. The normalized spacial score (nSPS) is 18.7. The lowest BCUT2D eigenvalue weighted by Crippen LogP contribution is -2.41. The van der Waals surface area contributed by atoms with Crippen LogP contribution < -0.4 is 5.32 Å². The molecule has 7 nitrogen and oxygen atoms in total. The lowest BCUT2D eigenvalue weighted by molar-refractivity contribution is 0.0924. The van der Waals surface area contributed by atoms with Crippen molar-refractivity contribution in [3.05, 3.63) is 35.7 Å². The van der Waals surface area contributed by atoms with E-state index in [4.69, 9.17) is 0 Å². The minimum atomic E-state index is -0.0991. The minimum Gasteiger partial charge on any atom is -0.350 e. The second kappa shape index (κ2) is 7.61. The second-order valence-electron chi connectivity index (χ2n) is 6.52. The monoisotopic (exact) mass is 330 g/mol. The Labute approximate surface area is 142 Å². The maximum absolute atomic E-state index is 12.1. The number of imidazole rings is 1. The zero-order valence-corrected chi connectivity index (χ0v) is 14.5. The van der Waals surface area contributed by atoms with E-state index in [0.717, 1.165) is 50.5 Å². The number of nitrogens with zero attached hydrogens (tertiary/aromatic N) is 4. The van der Waals surface area contributed by atoms with Crippen LogP contribution in [0, 0.1) is 12.8 Å². The molecule has 0 aliphatic carbocycles. The maximum atomic E-state index is 12.1. The third kappa shape index (κ3) is 4.03. The molecule has 7 heteroatoms. The molecule has 130 valence electrons. The standard InChI is InChI=1S/C17H26N6O/c1-3-23-8-6-18-16(23)12-22-7-4-5-14(11-22)10-19-17(24)15-9-13(2)20-21-15/h6,8-9,14H,3-5,7,10-12H2,1-2H3,(H,19,24)(H,20,21)/t14-/m1/s1. The zero-order valence-electron chi connectivity index (χ0n) is 14.5. The Hall–Kier alpha value is -2.15. The Bertz CT molecular complexity index is 676. The van der Waals surface area contributed by atoms with Crippen molar-refractivity contribution in [3.8, 4) is 0 Å². The van der Waals surface area contributed by atoms with E-state index in [0.29, 0.717) is 18.2 Å². The first kappa shape index (κ1) is 16.7. The van der Waals surface area contributed by atoms with E-state index in [1.165, 1.54) is 0 Å². The van der Waals surface area contributed by atoms with Crippen molar-refractivity contribution in [2.75, 3.05) is 19.6 Å². The van der Waals surface area contributed by atoms with Gasteiger partial charge in [0.15, 0.2) is 0 Å². The number of nitrogens with one attached hydrogen (secondary N) is 2. The molecule has 1 fully saturated rings. The van der Waals surface area contributed by atoms with Crippen LogP contribution in [0.5, 0.6) is 0 Å². The molecule has 2 aromatic rings. The molecular weight excluding hydrogens is 304 g/mol. The molecule has 1 saturated heterocycles. The Morgan fingerprint density at radius 2 is 2.38 bits per heavy atom. The van der Waals surface area contributed by atoms with Gasteiger partial charge in [0, 0.05) is 37.7 Å². The average Bonchev–Trinajstić information content (AvgIpc) is 3.21. The lowest BCUT2D eigenvalue weighted by atomic mass is 9.98. The molecule has 1 atom stereocenters. The summed E-state index contributed by atoms with van der Waals surface area (Å²) in [4.78, 5) is 19.0. The van der Waals surface area contributed by atoms with E-state index >= 15 is 0 Å². The molecule has 1 aliphatic heterocycles. The number of piperidine rings is 1. The third-order valence-corrected chi connectivity index (χ3v) is 4.60. The van der Waals surface area contributed by atoms with Gasteiger partial charge < -0.3 is 9.88 Å². The molecule has 0 saturated carbocycles. The number of aromatic nitrogens is 4. The van der Waals surface area contributed by atoms with Gasteiger partial charge in [-0.15, -0.1) is 0 Å². The molecule has 0 aromatic carbocycles. The van der Waals surface area contributed by atoms with Crippen molar-refractivity contribution >= 4 is 5.91 Å². The van der Waals surface area contributed by atoms with Gasteiger partial charge >= 0.3 is 0 Å². The summed E-state index contributed by atoms with van der Waals surface area (Å²) in [5, 5.41) is 9.82. The Kier molecular flexibility index (Phi) is 5.30. The van der Waals surface area contributed by atoms with Gasteiger partial charge in [0.25, 0.3) is 5.91 Å². The summed E-state index contributed by atoms with van der Waals surface area (Å²) in [6.07, 6.45) is 6.21. The molecule has 2 N–H and O–H groups in total. The van der Waals surface area contributed by atoms with Crippen LogP contribution in [-0.4, -0.2) is 50.2 Å². The second-order valence-corrected chi connectivity index (χ2v) is 6.52. The van der Waals surface area contributed by atoms with Crippen LogP contribution in [0.1, 0.15) is 41.8 Å². The van der Waals surface area contributed by atoms with Crippen molar-refractivity contribution in [2.24, 2.45) is 5.92 Å². The van der Waals surface area contributed by atoms with E-state index in [-0.39, 0.29) is 5.91 Å². The van der Waals surface area contributed by atoms with Crippen LogP contribution >= 0.6 is 0 Å². The third-order valence-electron chi connectivity index (χ3n) is 4.60. The number of aromatic amines is 1. The highest BCUT2D eigenvalue weighted by atomic mass is 16.1. The number of carbonyl (C=O) groups is 1. The summed E-state index contributed by atoms with van der Waals surface area (Å²) in [5.74, 6) is 1.50. The van der Waals surface area contributed by atoms with Crippen molar-refractivity contribution in [1.82, 2.24) is 30.0 Å². The van der Waals surface area contributed by atoms with E-state index in [9.17, 15) is 4.79 Å². The largest absolute Gasteiger partial charge is 0.350 e. The SMILES string of the molecule is CCn1ccnc1CN1CCC[C@H](CNC(=O)c2cc(C)[nH]n2)C1. The highest BCUT2D eigenvalue weighted by Crippen LogP contribution is 2.18. The molecule has 0 spiro atoms. The van der Waals surface area contributed by atoms with Gasteiger partial charge in [-0.25, -0.2) is 4.98 Å². The van der Waals surface area contributed by atoms with Crippen LogP contribution in [0.4, 0.5) is 0 Å². The maximum Gasteiger partial charge on any atom is 0.271 e. The first-order valence-electron chi connectivity index (χ1n) is 8.68. The summed E-state index contributed by atoms with van der Waals surface area (Å²) in [6.45, 7) is 8.65. The van der Waals surface area contributed by atoms with Crippen molar-refractivity contribution in [1.29, 1.82) is 0 Å². The van der Waals surface area contributed by atoms with Gasteiger partial charge in [-0.3, -0.25) is 14.8 Å². The Balaban J connectivity index is 1.49. The average molecular weight is 330 g/mol. The molecule has 24 heavy (non-hydrogen) atoms. The van der Waals surface area contributed by atoms with Gasteiger partial charge in [-0.1, -0.05) is 0 Å². The fourth-order valence-electron chi connectivity index (χ4n) is 3.30. The van der Waals surface area contributed by atoms with E-state index in [1.54, 1.807) is 6.07 Å². The molecular formula is C17H26N6O. The van der Waals surface area contributed by atoms with Crippen molar-refractivity contribution in [3.63, 3.8) is 0 Å².